The van der Waals surface area contributed by atoms with Crippen LogP contribution in [0.4, 0.5) is 0 Å². The Labute approximate surface area is 145 Å². The Bertz CT molecular complexity index is 831. The highest BCUT2D eigenvalue weighted by Gasteiger charge is 2.19. The molecule has 3 rings (SSSR count). The number of carboxylic acid groups (broad SMARTS) is 1. The minimum absolute atomic E-state index is 0.113. The molecule has 2 aromatic rings. The van der Waals surface area contributed by atoms with Crippen molar-refractivity contribution in [2.45, 2.75) is 20.4 Å². The van der Waals surface area contributed by atoms with E-state index in [0.717, 1.165) is 11.1 Å². The zero-order valence-electron chi connectivity index (χ0n) is 14.1. The summed E-state index contributed by atoms with van der Waals surface area (Å²) in [6, 6.07) is 10.2. The highest BCUT2D eigenvalue weighted by atomic mass is 16.7. The predicted octanol–water partition coefficient (Wildman–Crippen LogP) is 3.08. The molecule has 1 aliphatic rings. The van der Waals surface area contributed by atoms with Crippen LogP contribution in [0.25, 0.3) is 0 Å². The van der Waals surface area contributed by atoms with E-state index in [2.05, 4.69) is 0 Å². The second-order valence-corrected chi connectivity index (χ2v) is 5.90. The lowest BCUT2D eigenvalue weighted by Gasteiger charge is -2.21. The van der Waals surface area contributed by atoms with Gasteiger partial charge in [-0.05, 0) is 55.3 Å². The van der Waals surface area contributed by atoms with Crippen LogP contribution in [0.3, 0.4) is 0 Å². The van der Waals surface area contributed by atoms with Gasteiger partial charge in [-0.25, -0.2) is 4.79 Å². The van der Waals surface area contributed by atoms with Gasteiger partial charge >= 0.3 is 5.97 Å². The standard InChI is InChI=1S/C19H19NO5/c1-3-20(10-13-4-5-16-17(8-13)25-11-24-16)18(21)14-6-12(2)7-15(9-14)19(22)23/h4-9H,3,10-11H2,1-2H3,(H,22,23). The normalized spacial score (nSPS) is 12.1. The molecule has 0 atom stereocenters. The molecule has 130 valence electrons. The number of aryl methyl sites for hydroxylation is 1. The van der Waals surface area contributed by atoms with Gasteiger partial charge in [-0.1, -0.05) is 6.07 Å². The van der Waals surface area contributed by atoms with Crippen LogP contribution in [-0.2, 0) is 6.54 Å². The van der Waals surface area contributed by atoms with E-state index in [0.29, 0.717) is 30.2 Å². The molecule has 0 aliphatic carbocycles. The van der Waals surface area contributed by atoms with Crippen molar-refractivity contribution in [1.82, 2.24) is 4.90 Å². The fraction of sp³-hybridized carbons (Fsp3) is 0.263. The largest absolute Gasteiger partial charge is 0.478 e. The molecule has 1 amide bonds. The average Bonchev–Trinajstić information content (AvgIpc) is 3.06. The van der Waals surface area contributed by atoms with Crippen molar-refractivity contribution < 1.29 is 24.2 Å². The van der Waals surface area contributed by atoms with Gasteiger partial charge < -0.3 is 19.5 Å². The minimum Gasteiger partial charge on any atom is -0.478 e. The molecule has 0 aromatic heterocycles. The number of rotatable bonds is 5. The van der Waals surface area contributed by atoms with Crippen molar-refractivity contribution in [2.75, 3.05) is 13.3 Å². The summed E-state index contributed by atoms with van der Waals surface area (Å²) in [5, 5.41) is 9.19. The molecule has 1 heterocycles. The summed E-state index contributed by atoms with van der Waals surface area (Å²) in [5.41, 5.74) is 2.15. The molecule has 6 heteroatoms. The molecule has 0 spiro atoms. The maximum Gasteiger partial charge on any atom is 0.335 e. The first-order valence-corrected chi connectivity index (χ1v) is 8.00. The topological polar surface area (TPSA) is 76.1 Å². The molecule has 0 unspecified atom stereocenters. The van der Waals surface area contributed by atoms with Crippen LogP contribution in [0.15, 0.2) is 36.4 Å². The Balaban J connectivity index is 1.83. The van der Waals surface area contributed by atoms with Crippen molar-refractivity contribution in [2.24, 2.45) is 0 Å². The summed E-state index contributed by atoms with van der Waals surface area (Å²) >= 11 is 0. The van der Waals surface area contributed by atoms with E-state index in [9.17, 15) is 14.7 Å². The Hall–Kier alpha value is -3.02. The third kappa shape index (κ3) is 3.57. The molecule has 0 saturated carbocycles. The SMILES string of the molecule is CCN(Cc1ccc2c(c1)OCO2)C(=O)c1cc(C)cc(C(=O)O)c1. The van der Waals surface area contributed by atoms with Crippen LogP contribution in [0.2, 0.25) is 0 Å². The molecular weight excluding hydrogens is 322 g/mol. The third-order valence-electron chi connectivity index (χ3n) is 4.05. The molecule has 0 fully saturated rings. The molecular formula is C19H19NO5. The maximum absolute atomic E-state index is 12.8. The number of fused-ring (bicyclic) bond motifs is 1. The summed E-state index contributed by atoms with van der Waals surface area (Å²) in [6.45, 7) is 4.78. The first-order chi connectivity index (χ1) is 12.0. The Morgan fingerprint density at radius 2 is 1.80 bits per heavy atom. The number of hydrogen-bond donors (Lipinski definition) is 1. The zero-order chi connectivity index (χ0) is 18.0. The summed E-state index contributed by atoms with van der Waals surface area (Å²) in [6.07, 6.45) is 0. The monoisotopic (exact) mass is 341 g/mol. The lowest BCUT2D eigenvalue weighted by Crippen LogP contribution is -2.30. The predicted molar refractivity (Wildman–Crippen MR) is 91.1 cm³/mol. The van der Waals surface area contributed by atoms with E-state index >= 15 is 0 Å². The maximum atomic E-state index is 12.8. The van der Waals surface area contributed by atoms with Crippen LogP contribution >= 0.6 is 0 Å². The number of amides is 1. The number of carbonyl (C=O) groups excluding carboxylic acids is 1. The van der Waals surface area contributed by atoms with Crippen LogP contribution in [0.5, 0.6) is 11.5 Å². The van der Waals surface area contributed by atoms with Gasteiger partial charge in [0.25, 0.3) is 5.91 Å². The van der Waals surface area contributed by atoms with E-state index in [1.165, 1.54) is 6.07 Å². The zero-order valence-corrected chi connectivity index (χ0v) is 14.1. The van der Waals surface area contributed by atoms with Gasteiger partial charge in [0, 0.05) is 18.7 Å². The molecule has 1 N–H and O–H groups in total. The smallest absolute Gasteiger partial charge is 0.335 e. The molecule has 6 nitrogen and oxygen atoms in total. The summed E-state index contributed by atoms with van der Waals surface area (Å²) in [5.74, 6) is 0.121. The molecule has 0 bridgehead atoms. The average molecular weight is 341 g/mol. The lowest BCUT2D eigenvalue weighted by molar-refractivity contribution is 0.0696. The number of aromatic carboxylic acids is 1. The van der Waals surface area contributed by atoms with Gasteiger partial charge in [0.15, 0.2) is 11.5 Å². The van der Waals surface area contributed by atoms with Crippen LogP contribution in [0, 0.1) is 6.92 Å². The van der Waals surface area contributed by atoms with Crippen molar-refractivity contribution in [3.8, 4) is 11.5 Å². The van der Waals surface area contributed by atoms with E-state index < -0.39 is 5.97 Å². The van der Waals surface area contributed by atoms with Crippen LogP contribution in [-0.4, -0.2) is 35.2 Å². The van der Waals surface area contributed by atoms with Gasteiger partial charge in [-0.2, -0.15) is 0 Å². The summed E-state index contributed by atoms with van der Waals surface area (Å²) in [4.78, 5) is 25.7. The second-order valence-electron chi connectivity index (χ2n) is 5.90. The number of carboxylic acids is 1. The van der Waals surface area contributed by atoms with Crippen molar-refractivity contribution >= 4 is 11.9 Å². The van der Waals surface area contributed by atoms with E-state index in [4.69, 9.17) is 9.47 Å². The number of hydrogen-bond acceptors (Lipinski definition) is 4. The molecule has 2 aromatic carbocycles. The Morgan fingerprint density at radius 1 is 1.08 bits per heavy atom. The van der Waals surface area contributed by atoms with Crippen molar-refractivity contribution in [3.05, 3.63) is 58.7 Å². The molecule has 0 radical (unpaired) electrons. The molecule has 0 saturated heterocycles. The third-order valence-corrected chi connectivity index (χ3v) is 4.05. The number of benzene rings is 2. The van der Waals surface area contributed by atoms with E-state index in [1.807, 2.05) is 25.1 Å². The van der Waals surface area contributed by atoms with Crippen molar-refractivity contribution in [1.29, 1.82) is 0 Å². The highest BCUT2D eigenvalue weighted by molar-refractivity contribution is 5.97. The Kier molecular flexibility index (Phi) is 4.61. The van der Waals surface area contributed by atoms with Crippen molar-refractivity contribution in [3.63, 3.8) is 0 Å². The van der Waals surface area contributed by atoms with Gasteiger partial charge in [0.05, 0.1) is 5.56 Å². The van der Waals surface area contributed by atoms with Gasteiger partial charge in [0.1, 0.15) is 0 Å². The van der Waals surface area contributed by atoms with E-state index in [1.54, 1.807) is 24.0 Å². The second kappa shape index (κ2) is 6.84. The number of ether oxygens (including phenoxy) is 2. The van der Waals surface area contributed by atoms with E-state index in [-0.39, 0.29) is 18.3 Å². The van der Waals surface area contributed by atoms with Gasteiger partial charge in [-0.15, -0.1) is 0 Å². The summed E-state index contributed by atoms with van der Waals surface area (Å²) < 4.78 is 10.7. The van der Waals surface area contributed by atoms with Crippen LogP contribution < -0.4 is 9.47 Å². The van der Waals surface area contributed by atoms with Gasteiger partial charge in [0.2, 0.25) is 6.79 Å². The number of carbonyl (C=O) groups is 2. The lowest BCUT2D eigenvalue weighted by atomic mass is 10.0. The summed E-state index contributed by atoms with van der Waals surface area (Å²) in [7, 11) is 0. The van der Waals surface area contributed by atoms with Crippen LogP contribution in [0.1, 0.15) is 38.8 Å². The number of nitrogens with zero attached hydrogens (tertiary/aromatic N) is 1. The quantitative estimate of drug-likeness (QED) is 0.904. The fourth-order valence-corrected chi connectivity index (χ4v) is 2.80. The first kappa shape index (κ1) is 16.8. The van der Waals surface area contributed by atoms with Gasteiger partial charge in [-0.3, -0.25) is 4.79 Å². The fourth-order valence-electron chi connectivity index (χ4n) is 2.80. The highest BCUT2D eigenvalue weighted by Crippen LogP contribution is 2.32. The Morgan fingerprint density at radius 3 is 2.52 bits per heavy atom. The first-order valence-electron chi connectivity index (χ1n) is 8.00. The molecule has 1 aliphatic heterocycles. The molecule has 25 heavy (non-hydrogen) atoms. The minimum atomic E-state index is -1.04.